The summed E-state index contributed by atoms with van der Waals surface area (Å²) in [5.41, 5.74) is 0. The summed E-state index contributed by atoms with van der Waals surface area (Å²) in [4.78, 5) is 0. The fourth-order valence-electron chi connectivity index (χ4n) is 8.71. The lowest BCUT2D eigenvalue weighted by atomic mass is 9.53. The van der Waals surface area contributed by atoms with Crippen LogP contribution < -0.4 is 0 Å². The molecular formula is C25H42O3. The van der Waals surface area contributed by atoms with Crippen molar-refractivity contribution >= 4 is 0 Å². The summed E-state index contributed by atoms with van der Waals surface area (Å²) < 4.78 is 6.41. The Bertz CT molecular complexity index is 478. The third-order valence-corrected chi connectivity index (χ3v) is 9.81. The van der Waals surface area contributed by atoms with E-state index in [1.165, 1.54) is 77.0 Å². The average Bonchev–Trinajstić information content (AvgIpc) is 3.26. The smallest absolute Gasteiger partial charge is 0.0609 e. The minimum atomic E-state index is -0.0534. The Labute approximate surface area is 171 Å². The highest BCUT2D eigenvalue weighted by molar-refractivity contribution is 5.01. The Balaban J connectivity index is 1.44. The molecule has 0 spiro atoms. The second-order valence-corrected chi connectivity index (χ2v) is 11.0. The lowest BCUT2D eigenvalue weighted by Gasteiger charge is -2.54. The zero-order chi connectivity index (χ0) is 19.1. The quantitative estimate of drug-likeness (QED) is 0.718. The molecule has 2 N–H and O–H groups in total. The molecule has 1 aliphatic heterocycles. The van der Waals surface area contributed by atoms with E-state index in [0.717, 1.165) is 43.1 Å². The van der Waals surface area contributed by atoms with E-state index in [9.17, 15) is 10.2 Å². The van der Waals surface area contributed by atoms with Gasteiger partial charge in [0, 0.05) is 6.61 Å². The van der Waals surface area contributed by atoms with Crippen LogP contribution in [-0.4, -0.2) is 35.1 Å². The van der Waals surface area contributed by atoms with E-state index in [1.807, 2.05) is 0 Å². The molecule has 0 bridgehead atoms. The van der Waals surface area contributed by atoms with E-state index >= 15 is 0 Å². The third-order valence-electron chi connectivity index (χ3n) is 9.81. The van der Waals surface area contributed by atoms with E-state index in [2.05, 4.69) is 0 Å². The first-order valence-electron chi connectivity index (χ1n) is 12.7. The van der Waals surface area contributed by atoms with Gasteiger partial charge in [-0.05, 0) is 106 Å². The molecule has 9 atom stereocenters. The van der Waals surface area contributed by atoms with Crippen LogP contribution in [0.25, 0.3) is 0 Å². The molecule has 28 heavy (non-hydrogen) atoms. The van der Waals surface area contributed by atoms with E-state index in [0.29, 0.717) is 23.9 Å². The number of hydrogen-bond acceptors (Lipinski definition) is 3. The van der Waals surface area contributed by atoms with Crippen LogP contribution in [0.4, 0.5) is 0 Å². The van der Waals surface area contributed by atoms with Gasteiger partial charge in [0.2, 0.25) is 0 Å². The first-order chi connectivity index (χ1) is 13.7. The Morgan fingerprint density at radius 3 is 1.50 bits per heavy atom. The number of ether oxygens (including phenoxy) is 1. The van der Waals surface area contributed by atoms with Gasteiger partial charge in [-0.15, -0.1) is 0 Å². The molecule has 5 aliphatic rings. The van der Waals surface area contributed by atoms with Crippen molar-refractivity contribution in [3.05, 3.63) is 0 Å². The molecule has 9 unspecified atom stereocenters. The molecular weight excluding hydrogens is 348 g/mol. The third kappa shape index (κ3) is 3.58. The molecule has 4 saturated carbocycles. The van der Waals surface area contributed by atoms with Crippen LogP contribution in [0.15, 0.2) is 0 Å². The molecule has 5 rings (SSSR count). The van der Waals surface area contributed by atoms with Crippen molar-refractivity contribution in [1.82, 2.24) is 0 Å². The summed E-state index contributed by atoms with van der Waals surface area (Å²) in [6, 6.07) is 0. The maximum absolute atomic E-state index is 10.7. The van der Waals surface area contributed by atoms with Crippen LogP contribution in [0.1, 0.15) is 89.9 Å². The van der Waals surface area contributed by atoms with Crippen LogP contribution in [-0.2, 0) is 4.74 Å². The van der Waals surface area contributed by atoms with Gasteiger partial charge in [0.15, 0.2) is 0 Å². The van der Waals surface area contributed by atoms with Crippen LogP contribution in [0.3, 0.4) is 0 Å². The normalized spacial score (nSPS) is 50.6. The molecule has 4 aliphatic carbocycles. The predicted molar refractivity (Wildman–Crippen MR) is 111 cm³/mol. The Hall–Kier alpha value is -0.120. The van der Waals surface area contributed by atoms with Gasteiger partial charge in [-0.2, -0.15) is 0 Å². The van der Waals surface area contributed by atoms with Gasteiger partial charge in [0.1, 0.15) is 0 Å². The van der Waals surface area contributed by atoms with Crippen LogP contribution in [0.2, 0.25) is 0 Å². The molecule has 1 heterocycles. The Morgan fingerprint density at radius 2 is 1.04 bits per heavy atom. The molecule has 0 amide bonds. The van der Waals surface area contributed by atoms with Gasteiger partial charge in [-0.25, -0.2) is 0 Å². The zero-order valence-electron chi connectivity index (χ0n) is 17.7. The Kier molecular flexibility index (Phi) is 6.05. The minimum absolute atomic E-state index is 0.0534. The van der Waals surface area contributed by atoms with E-state index in [-0.39, 0.29) is 12.2 Å². The summed E-state index contributed by atoms with van der Waals surface area (Å²) in [5.74, 6) is 4.72. The molecule has 3 heteroatoms. The Morgan fingerprint density at radius 1 is 0.536 bits per heavy atom. The van der Waals surface area contributed by atoms with E-state index in [4.69, 9.17) is 4.74 Å². The summed E-state index contributed by atoms with van der Waals surface area (Å²) in [6.45, 7) is 0.952. The van der Waals surface area contributed by atoms with Crippen LogP contribution in [0.5, 0.6) is 0 Å². The van der Waals surface area contributed by atoms with Crippen molar-refractivity contribution in [3.63, 3.8) is 0 Å². The highest BCUT2D eigenvalue weighted by atomic mass is 16.5. The fourth-order valence-corrected chi connectivity index (χ4v) is 8.71. The lowest BCUT2D eigenvalue weighted by Crippen LogP contribution is -2.51. The first kappa shape index (κ1) is 19.8. The molecule has 3 nitrogen and oxygen atoms in total. The predicted octanol–water partition coefficient (Wildman–Crippen LogP) is 4.94. The maximum atomic E-state index is 10.7. The fraction of sp³-hybridized carbons (Fsp3) is 1.00. The molecule has 1 saturated heterocycles. The van der Waals surface area contributed by atoms with E-state index < -0.39 is 0 Å². The number of aliphatic hydroxyl groups is 2. The van der Waals surface area contributed by atoms with Crippen molar-refractivity contribution in [1.29, 1.82) is 0 Å². The minimum Gasteiger partial charge on any atom is -0.393 e. The van der Waals surface area contributed by atoms with Gasteiger partial charge < -0.3 is 14.9 Å². The monoisotopic (exact) mass is 390 g/mol. The number of fused-ring (bicyclic) bond motifs is 2. The van der Waals surface area contributed by atoms with Crippen molar-refractivity contribution in [2.75, 3.05) is 6.61 Å². The largest absolute Gasteiger partial charge is 0.393 e. The highest BCUT2D eigenvalue weighted by Gasteiger charge is 2.51. The second kappa shape index (κ2) is 8.55. The van der Waals surface area contributed by atoms with E-state index in [1.54, 1.807) is 0 Å². The van der Waals surface area contributed by atoms with Crippen LogP contribution >= 0.6 is 0 Å². The molecule has 0 aromatic rings. The lowest BCUT2D eigenvalue weighted by molar-refractivity contribution is -0.115. The number of rotatable bonds is 3. The molecule has 0 aromatic carbocycles. The second-order valence-electron chi connectivity index (χ2n) is 11.0. The molecule has 0 radical (unpaired) electrons. The van der Waals surface area contributed by atoms with Gasteiger partial charge >= 0.3 is 0 Å². The van der Waals surface area contributed by atoms with Gasteiger partial charge in [-0.3, -0.25) is 0 Å². The van der Waals surface area contributed by atoms with Gasteiger partial charge in [0.25, 0.3) is 0 Å². The van der Waals surface area contributed by atoms with Gasteiger partial charge in [0.05, 0.1) is 18.3 Å². The van der Waals surface area contributed by atoms with Crippen molar-refractivity contribution in [3.8, 4) is 0 Å². The SMILES string of the molecule is OC1CCC(C(C2CCCO2)C2CCC(O)C3CCCCC32)C2CCCCC12. The summed E-state index contributed by atoms with van der Waals surface area (Å²) >= 11 is 0. The van der Waals surface area contributed by atoms with Gasteiger partial charge in [-0.1, -0.05) is 25.7 Å². The average molecular weight is 391 g/mol. The van der Waals surface area contributed by atoms with Crippen molar-refractivity contribution < 1.29 is 14.9 Å². The standard InChI is InChI=1S/C25H42O3/c26-22-13-11-20(16-6-1-3-8-18(16)22)25(24-10-5-15-28-24)21-12-14-23(27)19-9-4-2-7-17(19)21/h16-27H,1-15H2. The van der Waals surface area contributed by atoms with Crippen LogP contribution in [0, 0.1) is 41.4 Å². The van der Waals surface area contributed by atoms with Crippen molar-refractivity contribution in [2.24, 2.45) is 41.4 Å². The molecule has 5 fully saturated rings. The maximum Gasteiger partial charge on any atom is 0.0609 e. The highest BCUT2D eigenvalue weighted by Crippen LogP contribution is 2.55. The molecule has 0 aromatic heterocycles. The van der Waals surface area contributed by atoms with Crippen molar-refractivity contribution in [2.45, 2.75) is 108 Å². The zero-order valence-corrected chi connectivity index (χ0v) is 17.7. The first-order valence-corrected chi connectivity index (χ1v) is 12.7. The summed E-state index contributed by atoms with van der Waals surface area (Å²) in [6.07, 6.45) is 17.8. The summed E-state index contributed by atoms with van der Waals surface area (Å²) in [7, 11) is 0. The molecule has 160 valence electrons. The number of aliphatic hydroxyl groups excluding tert-OH is 2. The number of hydrogen-bond donors (Lipinski definition) is 2. The summed E-state index contributed by atoms with van der Waals surface area (Å²) in [5, 5.41) is 21.5. The topological polar surface area (TPSA) is 49.7 Å².